The summed E-state index contributed by atoms with van der Waals surface area (Å²) in [7, 11) is 0. The summed E-state index contributed by atoms with van der Waals surface area (Å²) in [5.41, 5.74) is 2.87. The third-order valence-electron chi connectivity index (χ3n) is 4.15. The molecule has 0 bridgehead atoms. The summed E-state index contributed by atoms with van der Waals surface area (Å²) in [4.78, 5) is 12.9. The molecule has 1 heterocycles. The monoisotopic (exact) mass is 348 g/mol. The average Bonchev–Trinajstić information content (AvgIpc) is 2.59. The van der Waals surface area contributed by atoms with Gasteiger partial charge in [-0.3, -0.25) is 15.0 Å². The fourth-order valence-electron chi connectivity index (χ4n) is 2.95. The maximum Gasteiger partial charge on any atom is 0.310 e. The van der Waals surface area contributed by atoms with Crippen molar-refractivity contribution in [1.82, 2.24) is 4.90 Å². The van der Waals surface area contributed by atoms with Crippen molar-refractivity contribution in [3.05, 3.63) is 69.8 Å². The largest absolute Gasteiger partial charge is 0.487 e. The highest BCUT2D eigenvalue weighted by molar-refractivity contribution is 5.85. The predicted octanol–water partition coefficient (Wildman–Crippen LogP) is 3.84. The first-order chi connectivity index (χ1) is 11.2. The Bertz CT molecular complexity index is 693. The first kappa shape index (κ1) is 18.2. The Morgan fingerprint density at radius 3 is 2.58 bits per heavy atom. The van der Waals surface area contributed by atoms with Crippen molar-refractivity contribution < 1.29 is 9.66 Å². The normalized spacial score (nSPS) is 13.7. The Balaban J connectivity index is 0.00000208. The molecule has 1 aliphatic heterocycles. The van der Waals surface area contributed by atoms with Gasteiger partial charge in [0.05, 0.1) is 11.5 Å². The van der Waals surface area contributed by atoms with Gasteiger partial charge in [-0.25, -0.2) is 0 Å². The zero-order valence-electron chi connectivity index (χ0n) is 13.4. The molecule has 0 radical (unpaired) electrons. The van der Waals surface area contributed by atoms with E-state index in [2.05, 4.69) is 29.2 Å². The molecule has 0 spiro atoms. The summed E-state index contributed by atoms with van der Waals surface area (Å²) in [5.74, 6) is 0.349. The maximum absolute atomic E-state index is 10.9. The zero-order chi connectivity index (χ0) is 16.1. The number of benzene rings is 2. The minimum atomic E-state index is -0.406. The third-order valence-corrected chi connectivity index (χ3v) is 4.15. The molecule has 0 aliphatic carbocycles. The lowest BCUT2D eigenvalue weighted by Gasteiger charge is -2.28. The van der Waals surface area contributed by atoms with Crippen LogP contribution in [0.15, 0.2) is 48.5 Å². The van der Waals surface area contributed by atoms with Gasteiger partial charge in [0.2, 0.25) is 0 Å². The van der Waals surface area contributed by atoms with Crippen LogP contribution in [0.3, 0.4) is 0 Å². The van der Waals surface area contributed by atoms with E-state index >= 15 is 0 Å². The average molecular weight is 349 g/mol. The minimum absolute atomic E-state index is 0. The molecule has 0 saturated carbocycles. The second-order valence-corrected chi connectivity index (χ2v) is 5.72. The van der Waals surface area contributed by atoms with Crippen molar-refractivity contribution in [2.45, 2.75) is 19.4 Å². The molecule has 5 nitrogen and oxygen atoms in total. The lowest BCUT2D eigenvalue weighted by molar-refractivity contribution is -0.385. The van der Waals surface area contributed by atoms with Crippen molar-refractivity contribution in [2.75, 3.05) is 19.7 Å². The Labute approximate surface area is 147 Å². The second kappa shape index (κ2) is 8.66. The number of hydrogen-bond donors (Lipinski definition) is 0. The van der Waals surface area contributed by atoms with E-state index in [0.29, 0.717) is 12.4 Å². The highest BCUT2D eigenvalue weighted by Crippen LogP contribution is 2.26. The van der Waals surface area contributed by atoms with Crippen molar-refractivity contribution in [3.63, 3.8) is 0 Å². The molecule has 6 heteroatoms. The van der Waals surface area contributed by atoms with Crippen LogP contribution in [0.2, 0.25) is 0 Å². The summed E-state index contributed by atoms with van der Waals surface area (Å²) < 4.78 is 5.59. The smallest absolute Gasteiger partial charge is 0.310 e. The SMILES string of the molecule is Cl.O=[N+]([O-])c1ccccc1OCCCN1CCc2ccccc2C1. The molecule has 2 aromatic rings. The van der Waals surface area contributed by atoms with E-state index in [1.54, 1.807) is 18.2 Å². The van der Waals surface area contributed by atoms with Crippen molar-refractivity contribution in [3.8, 4) is 5.75 Å². The summed E-state index contributed by atoms with van der Waals surface area (Å²) >= 11 is 0. The number of nitro benzene ring substituents is 1. The first-order valence-corrected chi connectivity index (χ1v) is 7.89. The standard InChI is InChI=1S/C18H20N2O3.ClH/c21-20(22)17-8-3-4-9-18(17)23-13-5-11-19-12-10-15-6-1-2-7-16(15)14-19;/h1-4,6-9H,5,10-14H2;1H. The van der Waals surface area contributed by atoms with Gasteiger partial charge >= 0.3 is 5.69 Å². The van der Waals surface area contributed by atoms with E-state index in [1.165, 1.54) is 17.2 Å². The van der Waals surface area contributed by atoms with Crippen molar-refractivity contribution in [2.24, 2.45) is 0 Å². The fourth-order valence-corrected chi connectivity index (χ4v) is 2.95. The fraction of sp³-hybridized carbons (Fsp3) is 0.333. The summed E-state index contributed by atoms with van der Waals surface area (Å²) in [6.45, 7) is 3.46. The molecule has 0 atom stereocenters. The van der Waals surface area contributed by atoms with Gasteiger partial charge in [-0.2, -0.15) is 0 Å². The summed E-state index contributed by atoms with van der Waals surface area (Å²) in [6, 6.07) is 15.1. The molecule has 0 fully saturated rings. The molecular formula is C18H21ClN2O3. The maximum atomic E-state index is 10.9. The molecule has 0 N–H and O–H groups in total. The van der Waals surface area contributed by atoms with Crippen LogP contribution in [0.25, 0.3) is 0 Å². The van der Waals surface area contributed by atoms with Crippen LogP contribution in [0.1, 0.15) is 17.5 Å². The summed E-state index contributed by atoms with van der Waals surface area (Å²) in [6.07, 6.45) is 1.94. The number of nitro groups is 1. The van der Waals surface area contributed by atoms with Gasteiger partial charge in [-0.05, 0) is 30.0 Å². The zero-order valence-corrected chi connectivity index (χ0v) is 14.2. The van der Waals surface area contributed by atoms with Crippen LogP contribution in [0, 0.1) is 10.1 Å². The number of halogens is 1. The second-order valence-electron chi connectivity index (χ2n) is 5.72. The van der Waals surface area contributed by atoms with Crippen LogP contribution in [0.5, 0.6) is 5.75 Å². The summed E-state index contributed by atoms with van der Waals surface area (Å²) in [5, 5.41) is 10.9. The topological polar surface area (TPSA) is 55.6 Å². The van der Waals surface area contributed by atoms with Crippen LogP contribution >= 0.6 is 12.4 Å². The Kier molecular flexibility index (Phi) is 6.58. The van der Waals surface area contributed by atoms with Crippen LogP contribution in [-0.2, 0) is 13.0 Å². The minimum Gasteiger partial charge on any atom is -0.487 e. The number of nitrogens with zero attached hydrogens (tertiary/aromatic N) is 2. The van der Waals surface area contributed by atoms with E-state index in [1.807, 2.05) is 0 Å². The van der Waals surface area contributed by atoms with Gasteiger partial charge < -0.3 is 4.74 Å². The number of hydrogen-bond acceptors (Lipinski definition) is 4. The predicted molar refractivity (Wildman–Crippen MR) is 95.9 cm³/mol. The van der Waals surface area contributed by atoms with Gasteiger partial charge in [0.15, 0.2) is 5.75 Å². The molecule has 0 amide bonds. The van der Waals surface area contributed by atoms with Gasteiger partial charge in [0.25, 0.3) is 0 Å². The Hall–Kier alpha value is -2.11. The van der Waals surface area contributed by atoms with Crippen molar-refractivity contribution >= 4 is 18.1 Å². The van der Waals surface area contributed by atoms with Crippen LogP contribution < -0.4 is 4.74 Å². The van der Waals surface area contributed by atoms with Gasteiger partial charge in [-0.1, -0.05) is 36.4 Å². The van der Waals surface area contributed by atoms with Gasteiger partial charge in [0, 0.05) is 25.7 Å². The van der Waals surface area contributed by atoms with Gasteiger partial charge in [0.1, 0.15) is 0 Å². The molecule has 128 valence electrons. The molecule has 24 heavy (non-hydrogen) atoms. The number of ether oxygens (including phenoxy) is 1. The highest BCUT2D eigenvalue weighted by atomic mass is 35.5. The lowest BCUT2D eigenvalue weighted by atomic mass is 10.00. The molecule has 2 aromatic carbocycles. The van der Waals surface area contributed by atoms with E-state index in [9.17, 15) is 10.1 Å². The molecule has 0 aromatic heterocycles. The highest BCUT2D eigenvalue weighted by Gasteiger charge is 2.16. The molecule has 3 rings (SSSR count). The third kappa shape index (κ3) is 4.46. The molecule has 0 saturated heterocycles. The van der Waals surface area contributed by atoms with E-state index in [0.717, 1.165) is 32.5 Å². The van der Waals surface area contributed by atoms with E-state index < -0.39 is 4.92 Å². The number of fused-ring (bicyclic) bond motifs is 1. The first-order valence-electron chi connectivity index (χ1n) is 7.89. The van der Waals surface area contributed by atoms with Crippen LogP contribution in [0.4, 0.5) is 5.69 Å². The van der Waals surface area contributed by atoms with E-state index in [-0.39, 0.29) is 18.1 Å². The molecular weight excluding hydrogens is 328 g/mol. The quantitative estimate of drug-likeness (QED) is 0.452. The van der Waals surface area contributed by atoms with Gasteiger partial charge in [-0.15, -0.1) is 12.4 Å². The number of rotatable bonds is 6. The van der Waals surface area contributed by atoms with E-state index in [4.69, 9.17) is 4.74 Å². The molecule has 1 aliphatic rings. The molecule has 0 unspecified atom stereocenters. The lowest BCUT2D eigenvalue weighted by Crippen LogP contribution is -2.31. The number of para-hydroxylation sites is 2. The van der Waals surface area contributed by atoms with Crippen LogP contribution in [-0.4, -0.2) is 29.5 Å². The Morgan fingerprint density at radius 1 is 1.08 bits per heavy atom. The Morgan fingerprint density at radius 2 is 1.79 bits per heavy atom. The van der Waals surface area contributed by atoms with Crippen molar-refractivity contribution in [1.29, 1.82) is 0 Å².